The molecule has 122 valence electrons. The standard InChI is InChI=1S/C15H28NO4P/c1-3-5-7-9-10-12(15(17)18)14(21(19)20)13(16)11-8-6-4-2/h10,13-14H,3-9,11,16H2,1-2H3,(H-,17,18,19,20)/p+1/b12-10+. The molecular formula is C15H29NO4P+. The van der Waals surface area contributed by atoms with Crippen LogP contribution in [-0.4, -0.2) is 27.7 Å². The van der Waals surface area contributed by atoms with E-state index in [0.29, 0.717) is 12.8 Å². The summed E-state index contributed by atoms with van der Waals surface area (Å²) in [6.45, 7) is 4.13. The monoisotopic (exact) mass is 318 g/mol. The van der Waals surface area contributed by atoms with Crippen LogP contribution in [0.1, 0.15) is 65.2 Å². The first-order valence-electron chi connectivity index (χ1n) is 7.79. The van der Waals surface area contributed by atoms with Crippen molar-refractivity contribution < 1.29 is 19.4 Å². The largest absolute Gasteiger partial charge is 0.515 e. The molecule has 5 nitrogen and oxygen atoms in total. The van der Waals surface area contributed by atoms with Gasteiger partial charge in [-0.2, -0.15) is 4.89 Å². The summed E-state index contributed by atoms with van der Waals surface area (Å²) in [5.41, 5.74) is 5.00. The Balaban J connectivity index is 4.90. The van der Waals surface area contributed by atoms with Gasteiger partial charge in [0.1, 0.15) is 0 Å². The van der Waals surface area contributed by atoms with Crippen LogP contribution in [0.5, 0.6) is 0 Å². The Morgan fingerprint density at radius 2 is 1.76 bits per heavy atom. The summed E-state index contributed by atoms with van der Waals surface area (Å²) in [5, 5.41) is 9.31. The topological polar surface area (TPSA) is 101 Å². The Kier molecular flexibility index (Phi) is 11.4. The summed E-state index contributed by atoms with van der Waals surface area (Å²) >= 11 is 0. The van der Waals surface area contributed by atoms with Crippen molar-refractivity contribution in [2.24, 2.45) is 5.73 Å². The molecule has 3 atom stereocenters. The molecule has 0 aliphatic carbocycles. The second kappa shape index (κ2) is 11.8. The second-order valence-corrected chi connectivity index (χ2v) is 6.53. The quantitative estimate of drug-likeness (QED) is 0.290. The molecule has 0 rings (SSSR count). The molecule has 0 aliphatic rings. The van der Waals surface area contributed by atoms with Crippen molar-refractivity contribution in [1.82, 2.24) is 0 Å². The third-order valence-electron chi connectivity index (χ3n) is 3.52. The molecule has 4 N–H and O–H groups in total. The molecule has 0 saturated carbocycles. The maximum absolute atomic E-state index is 11.6. The number of carbonyl (C=O) groups is 1. The van der Waals surface area contributed by atoms with Crippen LogP contribution in [0.25, 0.3) is 0 Å². The van der Waals surface area contributed by atoms with Crippen molar-refractivity contribution >= 4 is 14.0 Å². The number of carboxylic acid groups (broad SMARTS) is 1. The van der Waals surface area contributed by atoms with Gasteiger partial charge >= 0.3 is 14.0 Å². The van der Waals surface area contributed by atoms with Crippen LogP contribution < -0.4 is 5.73 Å². The van der Waals surface area contributed by atoms with Gasteiger partial charge in [-0.15, -0.1) is 0 Å². The van der Waals surface area contributed by atoms with Gasteiger partial charge in [-0.05, 0) is 23.8 Å². The lowest BCUT2D eigenvalue weighted by molar-refractivity contribution is -0.132. The van der Waals surface area contributed by atoms with E-state index in [1.165, 1.54) is 0 Å². The fourth-order valence-corrected chi connectivity index (χ4v) is 3.22. The summed E-state index contributed by atoms with van der Waals surface area (Å²) < 4.78 is 11.6. The van der Waals surface area contributed by atoms with Gasteiger partial charge in [-0.1, -0.05) is 52.0 Å². The Bertz CT molecular complexity index is 358. The van der Waals surface area contributed by atoms with E-state index >= 15 is 0 Å². The molecule has 3 unspecified atom stereocenters. The average molecular weight is 318 g/mol. The second-order valence-electron chi connectivity index (χ2n) is 5.37. The lowest BCUT2D eigenvalue weighted by Crippen LogP contribution is -2.36. The summed E-state index contributed by atoms with van der Waals surface area (Å²) in [6.07, 6.45) is 8.56. The third kappa shape index (κ3) is 8.30. The Morgan fingerprint density at radius 3 is 2.24 bits per heavy atom. The number of carboxylic acids is 1. The number of nitrogens with two attached hydrogens (primary N) is 1. The first-order valence-corrected chi connectivity index (χ1v) is 9.07. The molecule has 0 radical (unpaired) electrons. The highest BCUT2D eigenvalue weighted by atomic mass is 31.1. The van der Waals surface area contributed by atoms with E-state index in [1.807, 2.05) is 0 Å². The first-order chi connectivity index (χ1) is 9.95. The summed E-state index contributed by atoms with van der Waals surface area (Å²) in [7, 11) is -2.64. The number of hydrogen-bond donors (Lipinski definition) is 3. The van der Waals surface area contributed by atoms with Crippen LogP contribution in [0.2, 0.25) is 0 Å². The van der Waals surface area contributed by atoms with Crippen molar-refractivity contribution in [2.45, 2.75) is 76.9 Å². The maximum atomic E-state index is 11.6. The number of rotatable bonds is 12. The van der Waals surface area contributed by atoms with Gasteiger partial charge in [-0.25, -0.2) is 4.79 Å². The van der Waals surface area contributed by atoms with Crippen LogP contribution in [0.15, 0.2) is 11.6 Å². The molecule has 0 saturated heterocycles. The lowest BCUT2D eigenvalue weighted by atomic mass is 9.99. The van der Waals surface area contributed by atoms with Gasteiger partial charge in [0.05, 0.1) is 11.6 Å². The van der Waals surface area contributed by atoms with Crippen LogP contribution >= 0.6 is 8.03 Å². The van der Waals surface area contributed by atoms with E-state index in [4.69, 9.17) is 5.73 Å². The minimum absolute atomic E-state index is 0.00119. The molecule has 0 spiro atoms. The minimum atomic E-state index is -2.64. The van der Waals surface area contributed by atoms with Gasteiger partial charge in [0.15, 0.2) is 0 Å². The highest BCUT2D eigenvalue weighted by Gasteiger charge is 2.41. The van der Waals surface area contributed by atoms with E-state index in [2.05, 4.69) is 13.8 Å². The smallest absolute Gasteiger partial charge is 0.478 e. The molecule has 0 heterocycles. The van der Waals surface area contributed by atoms with Crippen LogP contribution in [0.3, 0.4) is 0 Å². The molecular weight excluding hydrogens is 289 g/mol. The molecule has 6 heteroatoms. The van der Waals surface area contributed by atoms with E-state index < -0.39 is 25.7 Å². The van der Waals surface area contributed by atoms with E-state index in [9.17, 15) is 19.4 Å². The highest BCUT2D eigenvalue weighted by molar-refractivity contribution is 7.39. The SMILES string of the molecule is CCCCC/C=C(/C(=O)O)C(C(N)CCCCC)[P+](=O)O. The van der Waals surface area contributed by atoms with Gasteiger partial charge in [-0.3, -0.25) is 0 Å². The number of unbranched alkanes of at least 4 members (excludes halogenated alkanes) is 5. The van der Waals surface area contributed by atoms with Gasteiger partial charge in [0, 0.05) is 0 Å². The Labute approximate surface area is 128 Å². The molecule has 0 aromatic heterocycles. The predicted molar refractivity (Wildman–Crippen MR) is 85.6 cm³/mol. The Hall–Kier alpha value is -0.770. The molecule has 0 aromatic rings. The predicted octanol–water partition coefficient (Wildman–Crippen LogP) is 3.59. The van der Waals surface area contributed by atoms with Crippen molar-refractivity contribution in [3.63, 3.8) is 0 Å². The van der Waals surface area contributed by atoms with Gasteiger partial charge in [0.2, 0.25) is 5.66 Å². The zero-order valence-electron chi connectivity index (χ0n) is 13.1. The molecule has 0 aliphatic heterocycles. The minimum Gasteiger partial charge on any atom is -0.478 e. The van der Waals surface area contributed by atoms with Gasteiger partial charge in [0.25, 0.3) is 0 Å². The normalized spacial score (nSPS) is 15.6. The summed E-state index contributed by atoms with van der Waals surface area (Å²) in [6, 6.07) is -0.585. The number of hydrogen-bond acceptors (Lipinski definition) is 3. The van der Waals surface area contributed by atoms with Gasteiger partial charge < -0.3 is 10.8 Å². The fraction of sp³-hybridized carbons (Fsp3) is 0.800. The zero-order valence-corrected chi connectivity index (χ0v) is 14.0. The highest BCUT2D eigenvalue weighted by Crippen LogP contribution is 2.33. The van der Waals surface area contributed by atoms with Crippen molar-refractivity contribution in [2.75, 3.05) is 0 Å². The van der Waals surface area contributed by atoms with Crippen molar-refractivity contribution in [3.8, 4) is 0 Å². The average Bonchev–Trinajstić information content (AvgIpc) is 2.41. The molecule has 21 heavy (non-hydrogen) atoms. The third-order valence-corrected chi connectivity index (χ3v) is 4.66. The fourth-order valence-electron chi connectivity index (χ4n) is 2.29. The summed E-state index contributed by atoms with van der Waals surface area (Å²) in [5.74, 6) is -1.14. The van der Waals surface area contributed by atoms with Crippen LogP contribution in [0.4, 0.5) is 0 Å². The van der Waals surface area contributed by atoms with Crippen LogP contribution in [-0.2, 0) is 9.36 Å². The van der Waals surface area contributed by atoms with Crippen molar-refractivity contribution in [1.29, 1.82) is 0 Å². The number of allylic oxidation sites excluding steroid dienone is 1. The number of aliphatic carboxylic acids is 1. The van der Waals surface area contributed by atoms with E-state index in [0.717, 1.165) is 38.5 Å². The molecule has 0 bridgehead atoms. The van der Waals surface area contributed by atoms with E-state index in [-0.39, 0.29) is 5.57 Å². The Morgan fingerprint density at radius 1 is 1.19 bits per heavy atom. The summed E-state index contributed by atoms with van der Waals surface area (Å²) in [4.78, 5) is 20.9. The first kappa shape index (κ1) is 20.2. The molecule has 0 aromatic carbocycles. The molecule has 0 fully saturated rings. The molecule has 0 amide bonds. The lowest BCUT2D eigenvalue weighted by Gasteiger charge is -2.14. The van der Waals surface area contributed by atoms with Crippen LogP contribution in [0, 0.1) is 0 Å². The zero-order chi connectivity index (χ0) is 16.3. The van der Waals surface area contributed by atoms with Crippen molar-refractivity contribution in [3.05, 3.63) is 11.6 Å². The maximum Gasteiger partial charge on any atom is 0.515 e. The van der Waals surface area contributed by atoms with E-state index in [1.54, 1.807) is 6.08 Å².